The molecule has 2 N–H and O–H groups in total. The van der Waals surface area contributed by atoms with Gasteiger partial charge in [0.2, 0.25) is 0 Å². The minimum absolute atomic E-state index is 0.0833. The van der Waals surface area contributed by atoms with Crippen LogP contribution in [-0.4, -0.2) is 27.9 Å². The van der Waals surface area contributed by atoms with Crippen LogP contribution in [0.3, 0.4) is 0 Å². The molecule has 0 saturated carbocycles. The second kappa shape index (κ2) is 7.14. The van der Waals surface area contributed by atoms with Crippen molar-refractivity contribution in [2.45, 2.75) is 6.92 Å². The van der Waals surface area contributed by atoms with Crippen molar-refractivity contribution in [1.82, 2.24) is 0 Å². The van der Waals surface area contributed by atoms with Crippen molar-refractivity contribution in [3.8, 4) is 0 Å². The summed E-state index contributed by atoms with van der Waals surface area (Å²) in [5.41, 5.74) is 0.176. The molecule has 0 aliphatic rings. The van der Waals surface area contributed by atoms with Crippen molar-refractivity contribution < 1.29 is 19.8 Å². The predicted molar refractivity (Wildman–Crippen MR) is 43.9 cm³/mol. The zero-order chi connectivity index (χ0) is 9.44. The first-order valence-electron chi connectivity index (χ1n) is 2.63. The van der Waals surface area contributed by atoms with E-state index >= 15 is 0 Å². The molecule has 0 saturated heterocycles. The van der Waals surface area contributed by atoms with Gasteiger partial charge in [-0.25, -0.2) is 4.79 Å². The number of aliphatic carboxylic acids is 2. The van der Waals surface area contributed by atoms with Crippen LogP contribution in [0.1, 0.15) is 6.92 Å². The molecule has 0 aromatic carbocycles. The molecule has 0 fully saturated rings. The van der Waals surface area contributed by atoms with E-state index in [4.69, 9.17) is 10.2 Å². The first kappa shape index (κ1) is 12.7. The summed E-state index contributed by atoms with van der Waals surface area (Å²) in [5, 5.41) is 15.5. The van der Waals surface area contributed by atoms with Crippen LogP contribution < -0.4 is 0 Å². The molecule has 0 atom stereocenters. The number of carboxylic acids is 2. The van der Waals surface area contributed by atoms with E-state index in [-0.39, 0.29) is 11.3 Å². The third-order valence-corrected chi connectivity index (χ3v) is 0.771. The van der Waals surface area contributed by atoms with Gasteiger partial charge in [-0.15, -0.1) is 0 Å². The van der Waals surface area contributed by atoms with E-state index in [0.29, 0.717) is 0 Å². The Kier molecular flexibility index (Phi) is 8.23. The van der Waals surface area contributed by atoms with E-state index in [9.17, 15) is 9.59 Å². The Bertz CT molecular complexity index is 152. The number of carboxylic acid groups (broad SMARTS) is 2. The fraction of sp³-hybridized carbons (Fsp3) is 0.333. The van der Waals surface area contributed by atoms with Crippen molar-refractivity contribution in [3.63, 3.8) is 0 Å². The first-order chi connectivity index (χ1) is 4.91. The van der Waals surface area contributed by atoms with E-state index in [1.165, 1.54) is 6.92 Å². The Morgan fingerprint density at radius 1 is 1.45 bits per heavy atom. The fourth-order valence-corrected chi connectivity index (χ4v) is 0. The Balaban J connectivity index is 0. The van der Waals surface area contributed by atoms with Gasteiger partial charge < -0.3 is 10.2 Å². The van der Waals surface area contributed by atoms with E-state index in [0.717, 1.165) is 0 Å². The molecule has 0 bridgehead atoms. The van der Waals surface area contributed by atoms with Gasteiger partial charge in [-0.05, 0) is 6.92 Å². The lowest BCUT2D eigenvalue weighted by atomic mass is 10.4. The average molecular weight is 178 g/mol. The molecule has 5 heteroatoms. The number of thiol groups is 1. The summed E-state index contributed by atoms with van der Waals surface area (Å²) in [5.74, 6) is -1.90. The van der Waals surface area contributed by atoms with Gasteiger partial charge in [-0.2, -0.15) is 12.6 Å². The zero-order valence-electron chi connectivity index (χ0n) is 6.07. The van der Waals surface area contributed by atoms with Gasteiger partial charge in [0.1, 0.15) is 0 Å². The molecule has 0 spiro atoms. The van der Waals surface area contributed by atoms with Crippen molar-refractivity contribution in [2.24, 2.45) is 0 Å². The minimum Gasteiger partial charge on any atom is -0.481 e. The molecule has 4 nitrogen and oxygen atoms in total. The van der Waals surface area contributed by atoms with Crippen LogP contribution in [0, 0.1) is 0 Å². The van der Waals surface area contributed by atoms with Crippen molar-refractivity contribution in [2.75, 3.05) is 5.75 Å². The number of carbonyl (C=O) groups is 2. The topological polar surface area (TPSA) is 74.6 Å². The summed E-state index contributed by atoms with van der Waals surface area (Å²) >= 11 is 3.42. The summed E-state index contributed by atoms with van der Waals surface area (Å²) in [6.45, 7) is 4.60. The standard InChI is InChI=1S/C4H6O2.C2H4O2S/c1-3(2)4(5)6;3-2(4)1-5/h1H2,2H3,(H,5,6);5H,1H2,(H,3,4). The van der Waals surface area contributed by atoms with E-state index in [1.54, 1.807) is 0 Å². The van der Waals surface area contributed by atoms with Gasteiger partial charge >= 0.3 is 11.9 Å². The quantitative estimate of drug-likeness (QED) is 0.428. The predicted octanol–water partition coefficient (Wildman–Crippen LogP) is 0.648. The van der Waals surface area contributed by atoms with Crippen LogP contribution in [0.5, 0.6) is 0 Å². The highest BCUT2D eigenvalue weighted by Crippen LogP contribution is 1.81. The molecule has 11 heavy (non-hydrogen) atoms. The second-order valence-electron chi connectivity index (χ2n) is 1.64. The van der Waals surface area contributed by atoms with Crippen molar-refractivity contribution in [3.05, 3.63) is 12.2 Å². The van der Waals surface area contributed by atoms with Crippen molar-refractivity contribution >= 4 is 24.6 Å². The Morgan fingerprint density at radius 2 is 1.64 bits per heavy atom. The fourth-order valence-electron chi connectivity index (χ4n) is 0. The van der Waals surface area contributed by atoms with Crippen LogP contribution >= 0.6 is 12.6 Å². The summed E-state index contributed by atoms with van der Waals surface area (Å²) in [6.07, 6.45) is 0. The number of rotatable bonds is 2. The molecule has 0 aliphatic carbocycles. The van der Waals surface area contributed by atoms with Gasteiger partial charge in [-0.1, -0.05) is 6.58 Å². The van der Waals surface area contributed by atoms with Crippen LogP contribution in [0.15, 0.2) is 12.2 Å². The molecule has 0 aliphatic heterocycles. The largest absolute Gasteiger partial charge is 0.481 e. The van der Waals surface area contributed by atoms with Gasteiger partial charge in [-0.3, -0.25) is 4.79 Å². The molecular weight excluding hydrogens is 168 g/mol. The van der Waals surface area contributed by atoms with Crippen LogP contribution in [0.25, 0.3) is 0 Å². The third-order valence-electron chi connectivity index (χ3n) is 0.500. The maximum Gasteiger partial charge on any atom is 0.330 e. The van der Waals surface area contributed by atoms with Crippen LogP contribution in [0.4, 0.5) is 0 Å². The maximum atomic E-state index is 9.60. The highest BCUT2D eigenvalue weighted by molar-refractivity contribution is 7.81. The van der Waals surface area contributed by atoms with E-state index in [2.05, 4.69) is 19.2 Å². The number of hydrogen-bond acceptors (Lipinski definition) is 3. The lowest BCUT2D eigenvalue weighted by molar-refractivity contribution is -0.134. The van der Waals surface area contributed by atoms with Crippen LogP contribution in [0.2, 0.25) is 0 Å². The van der Waals surface area contributed by atoms with Gasteiger partial charge in [0.25, 0.3) is 0 Å². The van der Waals surface area contributed by atoms with E-state index in [1.807, 2.05) is 0 Å². The Hall–Kier alpha value is -0.970. The first-order valence-corrected chi connectivity index (χ1v) is 3.26. The number of hydrogen-bond donors (Lipinski definition) is 3. The normalized spacial score (nSPS) is 7.45. The van der Waals surface area contributed by atoms with Crippen molar-refractivity contribution in [1.29, 1.82) is 0 Å². The third kappa shape index (κ3) is 17.6. The maximum absolute atomic E-state index is 9.60. The molecule has 64 valence electrons. The highest BCUT2D eigenvalue weighted by atomic mass is 32.1. The van der Waals surface area contributed by atoms with Crippen LogP contribution in [-0.2, 0) is 9.59 Å². The van der Waals surface area contributed by atoms with E-state index < -0.39 is 11.9 Å². The summed E-state index contributed by atoms with van der Waals surface area (Å²) in [6, 6.07) is 0. The monoisotopic (exact) mass is 178 g/mol. The SMILES string of the molecule is C=C(C)C(=O)O.O=C(O)CS. The molecule has 0 unspecified atom stereocenters. The molecule has 0 radical (unpaired) electrons. The molecule has 0 amide bonds. The molecular formula is C6H10O4S. The Labute approximate surface area is 69.9 Å². The van der Waals surface area contributed by atoms with Gasteiger partial charge in [0, 0.05) is 5.57 Å². The summed E-state index contributed by atoms with van der Waals surface area (Å²) in [7, 11) is 0. The molecule has 0 aromatic rings. The molecule has 0 heterocycles. The summed E-state index contributed by atoms with van der Waals surface area (Å²) < 4.78 is 0. The lowest BCUT2D eigenvalue weighted by Gasteiger charge is -1.79. The highest BCUT2D eigenvalue weighted by Gasteiger charge is 1.90. The molecule has 0 rings (SSSR count). The van der Waals surface area contributed by atoms with Gasteiger partial charge in [0.05, 0.1) is 5.75 Å². The summed E-state index contributed by atoms with van der Waals surface area (Å²) in [4.78, 5) is 18.9. The molecule has 0 aromatic heterocycles. The minimum atomic E-state index is -0.935. The average Bonchev–Trinajstić information content (AvgIpc) is 1.89. The Morgan fingerprint density at radius 3 is 1.64 bits per heavy atom. The lowest BCUT2D eigenvalue weighted by Crippen LogP contribution is -1.92. The smallest absolute Gasteiger partial charge is 0.330 e. The van der Waals surface area contributed by atoms with Gasteiger partial charge in [0.15, 0.2) is 0 Å². The second-order valence-corrected chi connectivity index (χ2v) is 1.95. The zero-order valence-corrected chi connectivity index (χ0v) is 6.97.